The molecule has 1 N–H and O–H groups in total. The van der Waals surface area contributed by atoms with Gasteiger partial charge in [0.1, 0.15) is 0 Å². The van der Waals surface area contributed by atoms with Crippen LogP contribution in [0.15, 0.2) is 42.6 Å². The SMILES string of the molecule is CC[C@H](C)NC(=O)c1ccc(-c2ccc(C)cc2)nc1. The van der Waals surface area contributed by atoms with Crippen LogP contribution in [0.5, 0.6) is 0 Å². The lowest BCUT2D eigenvalue weighted by Crippen LogP contribution is -2.31. The Bertz CT molecular complexity index is 573. The maximum atomic E-state index is 12.0. The van der Waals surface area contributed by atoms with Crippen LogP contribution in [0, 0.1) is 6.92 Å². The molecule has 0 bridgehead atoms. The summed E-state index contributed by atoms with van der Waals surface area (Å²) in [6.45, 7) is 6.09. The number of rotatable bonds is 4. The highest BCUT2D eigenvalue weighted by atomic mass is 16.1. The van der Waals surface area contributed by atoms with Gasteiger partial charge < -0.3 is 5.32 Å². The van der Waals surface area contributed by atoms with Crippen molar-refractivity contribution in [3.8, 4) is 11.3 Å². The molecule has 1 aromatic carbocycles. The van der Waals surface area contributed by atoms with Crippen molar-refractivity contribution in [2.24, 2.45) is 0 Å². The minimum Gasteiger partial charge on any atom is -0.350 e. The van der Waals surface area contributed by atoms with Gasteiger partial charge >= 0.3 is 0 Å². The van der Waals surface area contributed by atoms with Gasteiger partial charge in [0, 0.05) is 17.8 Å². The first-order valence-electron chi connectivity index (χ1n) is 6.94. The van der Waals surface area contributed by atoms with Crippen molar-refractivity contribution in [2.75, 3.05) is 0 Å². The zero-order valence-corrected chi connectivity index (χ0v) is 12.2. The van der Waals surface area contributed by atoms with Crippen molar-refractivity contribution < 1.29 is 4.79 Å². The molecule has 0 fully saturated rings. The predicted octanol–water partition coefficient (Wildman–Crippen LogP) is 3.59. The van der Waals surface area contributed by atoms with Crippen molar-refractivity contribution in [2.45, 2.75) is 33.2 Å². The van der Waals surface area contributed by atoms with Crippen LogP contribution in [0.4, 0.5) is 0 Å². The molecule has 0 spiro atoms. The van der Waals surface area contributed by atoms with E-state index in [2.05, 4.69) is 29.4 Å². The van der Waals surface area contributed by atoms with Crippen molar-refractivity contribution in [1.29, 1.82) is 0 Å². The van der Waals surface area contributed by atoms with Crippen molar-refractivity contribution in [1.82, 2.24) is 10.3 Å². The Kier molecular flexibility index (Phi) is 4.51. The van der Waals surface area contributed by atoms with Crippen molar-refractivity contribution in [3.05, 3.63) is 53.7 Å². The zero-order valence-electron chi connectivity index (χ0n) is 12.2. The summed E-state index contributed by atoms with van der Waals surface area (Å²) >= 11 is 0. The van der Waals surface area contributed by atoms with Gasteiger partial charge in [0.25, 0.3) is 5.91 Å². The van der Waals surface area contributed by atoms with E-state index in [0.717, 1.165) is 17.7 Å². The lowest BCUT2D eigenvalue weighted by atomic mass is 10.1. The molecule has 0 unspecified atom stereocenters. The second-order valence-corrected chi connectivity index (χ2v) is 5.08. The van der Waals surface area contributed by atoms with Gasteiger partial charge in [-0.1, -0.05) is 36.8 Å². The number of benzene rings is 1. The standard InChI is InChI=1S/C17H20N2O/c1-4-13(3)19-17(20)15-9-10-16(18-11-15)14-7-5-12(2)6-8-14/h5-11,13H,4H2,1-3H3,(H,19,20)/t13-/m0/s1. The summed E-state index contributed by atoms with van der Waals surface area (Å²) in [6, 6.07) is 12.1. The van der Waals surface area contributed by atoms with Crippen LogP contribution in [0.25, 0.3) is 11.3 Å². The Hall–Kier alpha value is -2.16. The molecule has 1 amide bonds. The van der Waals surface area contributed by atoms with Crippen molar-refractivity contribution in [3.63, 3.8) is 0 Å². The highest BCUT2D eigenvalue weighted by Gasteiger charge is 2.09. The Labute approximate surface area is 120 Å². The summed E-state index contributed by atoms with van der Waals surface area (Å²) in [4.78, 5) is 16.3. The molecule has 0 saturated carbocycles. The van der Waals surface area contributed by atoms with E-state index < -0.39 is 0 Å². The first-order chi connectivity index (χ1) is 9.60. The van der Waals surface area contributed by atoms with E-state index in [9.17, 15) is 4.79 Å². The molecule has 1 aromatic heterocycles. The molecule has 3 nitrogen and oxygen atoms in total. The molecule has 3 heteroatoms. The van der Waals surface area contributed by atoms with Crippen LogP contribution in [-0.4, -0.2) is 16.9 Å². The highest BCUT2D eigenvalue weighted by molar-refractivity contribution is 5.94. The van der Waals surface area contributed by atoms with E-state index in [1.807, 2.05) is 38.1 Å². The Morgan fingerprint density at radius 1 is 1.20 bits per heavy atom. The first kappa shape index (κ1) is 14.3. The molecular weight excluding hydrogens is 248 g/mol. The Morgan fingerprint density at radius 3 is 2.45 bits per heavy atom. The van der Waals surface area contributed by atoms with E-state index >= 15 is 0 Å². The number of aryl methyl sites for hydroxylation is 1. The molecule has 0 radical (unpaired) electrons. The van der Waals surface area contributed by atoms with E-state index in [0.29, 0.717) is 5.56 Å². The summed E-state index contributed by atoms with van der Waals surface area (Å²) < 4.78 is 0. The number of carbonyl (C=O) groups excluding carboxylic acids is 1. The lowest BCUT2D eigenvalue weighted by molar-refractivity contribution is 0.0939. The molecule has 2 aromatic rings. The van der Waals surface area contributed by atoms with E-state index in [-0.39, 0.29) is 11.9 Å². The monoisotopic (exact) mass is 268 g/mol. The molecule has 20 heavy (non-hydrogen) atoms. The van der Waals surface area contributed by atoms with Crippen LogP contribution in [0.3, 0.4) is 0 Å². The van der Waals surface area contributed by atoms with Gasteiger partial charge in [-0.15, -0.1) is 0 Å². The zero-order chi connectivity index (χ0) is 14.5. The number of amides is 1. The van der Waals surface area contributed by atoms with Gasteiger partial charge in [0.05, 0.1) is 11.3 Å². The Morgan fingerprint density at radius 2 is 1.90 bits per heavy atom. The number of hydrogen-bond acceptors (Lipinski definition) is 2. The minimum atomic E-state index is -0.0673. The van der Waals surface area contributed by atoms with E-state index in [1.165, 1.54) is 5.56 Å². The van der Waals surface area contributed by atoms with Crippen LogP contribution in [0.1, 0.15) is 36.2 Å². The molecule has 2 rings (SSSR count). The third-order valence-electron chi connectivity index (χ3n) is 3.36. The highest BCUT2D eigenvalue weighted by Crippen LogP contribution is 2.17. The normalized spacial score (nSPS) is 11.9. The number of nitrogens with zero attached hydrogens (tertiary/aromatic N) is 1. The van der Waals surface area contributed by atoms with Gasteiger partial charge in [-0.3, -0.25) is 9.78 Å². The van der Waals surface area contributed by atoms with Gasteiger partial charge in [-0.05, 0) is 32.4 Å². The summed E-state index contributed by atoms with van der Waals surface area (Å²) in [7, 11) is 0. The number of carbonyl (C=O) groups is 1. The smallest absolute Gasteiger partial charge is 0.253 e. The first-order valence-corrected chi connectivity index (χ1v) is 6.94. The number of hydrogen-bond donors (Lipinski definition) is 1. The van der Waals surface area contributed by atoms with Gasteiger partial charge in [0.15, 0.2) is 0 Å². The van der Waals surface area contributed by atoms with Crippen LogP contribution >= 0.6 is 0 Å². The molecule has 0 aliphatic rings. The van der Waals surface area contributed by atoms with Gasteiger partial charge in [0.2, 0.25) is 0 Å². The maximum Gasteiger partial charge on any atom is 0.253 e. The fourth-order valence-corrected chi connectivity index (χ4v) is 1.83. The minimum absolute atomic E-state index is 0.0673. The van der Waals surface area contributed by atoms with Crippen LogP contribution < -0.4 is 5.32 Å². The fourth-order valence-electron chi connectivity index (χ4n) is 1.83. The summed E-state index contributed by atoms with van der Waals surface area (Å²) in [5, 5.41) is 2.93. The molecule has 0 aliphatic carbocycles. The second kappa shape index (κ2) is 6.33. The molecule has 1 atom stereocenters. The summed E-state index contributed by atoms with van der Waals surface area (Å²) in [5.74, 6) is -0.0673. The van der Waals surface area contributed by atoms with Crippen LogP contribution in [-0.2, 0) is 0 Å². The molecule has 104 valence electrons. The topological polar surface area (TPSA) is 42.0 Å². The molecular formula is C17H20N2O. The average Bonchev–Trinajstić information content (AvgIpc) is 2.48. The van der Waals surface area contributed by atoms with E-state index in [1.54, 1.807) is 6.20 Å². The number of aromatic nitrogens is 1. The maximum absolute atomic E-state index is 12.0. The predicted molar refractivity (Wildman–Crippen MR) is 81.6 cm³/mol. The summed E-state index contributed by atoms with van der Waals surface area (Å²) in [6.07, 6.45) is 2.55. The third-order valence-corrected chi connectivity index (χ3v) is 3.36. The molecule has 1 heterocycles. The van der Waals surface area contributed by atoms with Crippen molar-refractivity contribution >= 4 is 5.91 Å². The Balaban J connectivity index is 2.14. The van der Waals surface area contributed by atoms with Gasteiger partial charge in [-0.25, -0.2) is 0 Å². The third kappa shape index (κ3) is 3.44. The quantitative estimate of drug-likeness (QED) is 0.920. The fraction of sp³-hybridized carbons (Fsp3) is 0.294. The van der Waals surface area contributed by atoms with Gasteiger partial charge in [-0.2, -0.15) is 0 Å². The van der Waals surface area contributed by atoms with E-state index in [4.69, 9.17) is 0 Å². The largest absolute Gasteiger partial charge is 0.350 e. The molecule has 0 aliphatic heterocycles. The number of pyridine rings is 1. The lowest BCUT2D eigenvalue weighted by Gasteiger charge is -2.11. The number of nitrogens with one attached hydrogen (secondary N) is 1. The van der Waals surface area contributed by atoms with Crippen LogP contribution in [0.2, 0.25) is 0 Å². The molecule has 0 saturated heterocycles. The second-order valence-electron chi connectivity index (χ2n) is 5.08. The summed E-state index contributed by atoms with van der Waals surface area (Å²) in [5.41, 5.74) is 3.76. The average molecular weight is 268 g/mol.